The van der Waals surface area contributed by atoms with E-state index in [4.69, 9.17) is 18.9 Å². The maximum Gasteiger partial charge on any atom is 0.355 e. The van der Waals surface area contributed by atoms with E-state index in [2.05, 4.69) is 0 Å². The third-order valence-electron chi connectivity index (χ3n) is 6.06. The molecule has 1 N–H and O–H groups in total. The molecule has 2 aromatic heterocycles. The van der Waals surface area contributed by atoms with Crippen molar-refractivity contribution >= 4 is 34.9 Å². The molecule has 0 aliphatic carbocycles. The number of nitrogens with zero attached hydrogens (tertiary/aromatic N) is 2. The molecule has 3 aromatic rings. The second-order valence-electron chi connectivity index (χ2n) is 8.04. The zero-order valence-corrected chi connectivity index (χ0v) is 20.6. The number of carbonyl (C=O) groups is 4. The number of anilines is 1. The Balaban J connectivity index is 1.86. The van der Waals surface area contributed by atoms with E-state index < -0.39 is 23.7 Å². The number of hydrogen-bond donors (Lipinski definition) is 1. The topological polar surface area (TPSA) is 133 Å². The molecule has 37 heavy (non-hydrogen) atoms. The molecule has 1 aliphatic heterocycles. The number of pyridine rings is 1. The van der Waals surface area contributed by atoms with Crippen LogP contribution in [-0.4, -0.2) is 67.9 Å². The van der Waals surface area contributed by atoms with Crippen molar-refractivity contribution in [3.8, 4) is 5.75 Å². The predicted octanol–water partition coefficient (Wildman–Crippen LogP) is 2.58. The van der Waals surface area contributed by atoms with Gasteiger partial charge in [0.05, 0.1) is 50.3 Å². The van der Waals surface area contributed by atoms with Crippen molar-refractivity contribution in [3.63, 3.8) is 0 Å². The van der Waals surface area contributed by atoms with Crippen molar-refractivity contribution < 1.29 is 43.2 Å². The maximum atomic E-state index is 13.6. The summed E-state index contributed by atoms with van der Waals surface area (Å²) in [6.07, 6.45) is 1.72. The summed E-state index contributed by atoms with van der Waals surface area (Å²) in [7, 11) is 3.79. The van der Waals surface area contributed by atoms with E-state index >= 15 is 0 Å². The summed E-state index contributed by atoms with van der Waals surface area (Å²) >= 11 is 0. The van der Waals surface area contributed by atoms with E-state index in [-0.39, 0.29) is 41.4 Å². The standard InChI is InChI=1S/C26H24N2O9/c1-14-20(27-10-6-5-7-19(27)23(14)34-2)22(29)15-8-9-18(16(11-15)24(30)31)28-13-37-12-17(25(32)35-3)21(28)26(33)36-4/h5-11H,12-13H2,1-4H3,(H,30,31). The molecule has 11 heteroatoms. The zero-order valence-electron chi connectivity index (χ0n) is 20.6. The summed E-state index contributed by atoms with van der Waals surface area (Å²) < 4.78 is 22.2. The van der Waals surface area contributed by atoms with Crippen molar-refractivity contribution in [3.05, 3.63) is 76.2 Å². The Morgan fingerprint density at radius 3 is 2.38 bits per heavy atom. The number of carboxylic acids is 1. The molecule has 0 bridgehead atoms. The van der Waals surface area contributed by atoms with Crippen LogP contribution in [0.3, 0.4) is 0 Å². The van der Waals surface area contributed by atoms with Gasteiger partial charge in [-0.2, -0.15) is 0 Å². The van der Waals surface area contributed by atoms with Crippen LogP contribution in [0.5, 0.6) is 5.75 Å². The van der Waals surface area contributed by atoms with Gasteiger partial charge in [0.2, 0.25) is 5.78 Å². The molecule has 0 spiro atoms. The van der Waals surface area contributed by atoms with Gasteiger partial charge in [-0.15, -0.1) is 0 Å². The lowest BCUT2D eigenvalue weighted by molar-refractivity contribution is -0.140. The van der Waals surface area contributed by atoms with Crippen LogP contribution in [0.25, 0.3) is 5.52 Å². The van der Waals surface area contributed by atoms with E-state index in [9.17, 15) is 24.3 Å². The zero-order chi connectivity index (χ0) is 26.9. The molecule has 0 saturated heterocycles. The highest BCUT2D eigenvalue weighted by atomic mass is 16.5. The first-order valence-electron chi connectivity index (χ1n) is 11.1. The number of esters is 2. The van der Waals surface area contributed by atoms with Gasteiger partial charge in [0, 0.05) is 17.3 Å². The van der Waals surface area contributed by atoms with E-state index in [0.717, 1.165) is 14.2 Å². The lowest BCUT2D eigenvalue weighted by atomic mass is 10.0. The number of carboxylic acid groups (broad SMARTS) is 1. The summed E-state index contributed by atoms with van der Waals surface area (Å²) in [6, 6.07) is 9.44. The van der Waals surface area contributed by atoms with Gasteiger partial charge in [0.15, 0.2) is 0 Å². The molecule has 0 fully saturated rings. The maximum absolute atomic E-state index is 13.6. The summed E-state index contributed by atoms with van der Waals surface area (Å²) in [6.45, 7) is 1.28. The van der Waals surface area contributed by atoms with E-state index in [0.29, 0.717) is 22.5 Å². The van der Waals surface area contributed by atoms with Crippen molar-refractivity contribution in [1.82, 2.24) is 4.40 Å². The van der Waals surface area contributed by atoms with Crippen LogP contribution >= 0.6 is 0 Å². The van der Waals surface area contributed by atoms with Crippen molar-refractivity contribution in [1.29, 1.82) is 0 Å². The third kappa shape index (κ3) is 4.29. The highest BCUT2D eigenvalue weighted by Crippen LogP contribution is 2.34. The van der Waals surface area contributed by atoms with E-state index in [1.54, 1.807) is 23.6 Å². The molecule has 3 heterocycles. The van der Waals surface area contributed by atoms with Crippen LogP contribution < -0.4 is 9.64 Å². The molecular weight excluding hydrogens is 484 g/mol. The first-order valence-corrected chi connectivity index (χ1v) is 11.1. The average Bonchev–Trinajstić information content (AvgIpc) is 3.21. The molecule has 0 amide bonds. The fraction of sp³-hybridized carbons (Fsp3) is 0.231. The number of ether oxygens (including phenoxy) is 4. The third-order valence-corrected chi connectivity index (χ3v) is 6.06. The first kappa shape index (κ1) is 25.5. The fourth-order valence-corrected chi connectivity index (χ4v) is 4.40. The Kier molecular flexibility index (Phi) is 6.98. The van der Waals surface area contributed by atoms with Gasteiger partial charge in [-0.25, -0.2) is 14.4 Å². The molecule has 11 nitrogen and oxygen atoms in total. The van der Waals surface area contributed by atoms with Gasteiger partial charge >= 0.3 is 17.9 Å². The Morgan fingerprint density at radius 2 is 1.73 bits per heavy atom. The van der Waals surface area contributed by atoms with Crippen LogP contribution in [0.1, 0.15) is 32.0 Å². The van der Waals surface area contributed by atoms with Crippen LogP contribution in [-0.2, 0) is 23.8 Å². The number of aromatic carboxylic acids is 1. The largest absolute Gasteiger partial charge is 0.494 e. The molecule has 192 valence electrons. The minimum absolute atomic E-state index is 0.0277. The monoisotopic (exact) mass is 508 g/mol. The summed E-state index contributed by atoms with van der Waals surface area (Å²) in [4.78, 5) is 52.0. The minimum atomic E-state index is -1.35. The molecule has 0 unspecified atom stereocenters. The number of aromatic nitrogens is 1. The van der Waals surface area contributed by atoms with E-state index in [1.807, 2.05) is 12.1 Å². The fourth-order valence-electron chi connectivity index (χ4n) is 4.40. The summed E-state index contributed by atoms with van der Waals surface area (Å²) in [5.74, 6) is -2.94. The molecular formula is C26H24N2O9. The summed E-state index contributed by atoms with van der Waals surface area (Å²) in [5.41, 5.74) is 1.12. The van der Waals surface area contributed by atoms with E-state index in [1.165, 1.54) is 30.2 Å². The van der Waals surface area contributed by atoms with Crippen molar-refractivity contribution in [2.45, 2.75) is 6.92 Å². The molecule has 0 atom stereocenters. The summed E-state index contributed by atoms with van der Waals surface area (Å²) in [5, 5.41) is 10.0. The predicted molar refractivity (Wildman–Crippen MR) is 130 cm³/mol. The van der Waals surface area contributed by atoms with Crippen molar-refractivity contribution in [2.24, 2.45) is 0 Å². The number of benzene rings is 1. The first-order chi connectivity index (χ1) is 17.7. The normalized spacial score (nSPS) is 13.5. The van der Waals surface area contributed by atoms with Crippen LogP contribution in [0.15, 0.2) is 53.9 Å². The molecule has 0 saturated carbocycles. The highest BCUT2D eigenvalue weighted by Gasteiger charge is 2.34. The molecule has 4 rings (SSSR count). The highest BCUT2D eigenvalue weighted by molar-refractivity contribution is 6.12. The molecule has 1 aliphatic rings. The Labute approximate surface area is 211 Å². The second-order valence-corrected chi connectivity index (χ2v) is 8.04. The SMILES string of the molecule is COC(=O)C1=C(C(=O)OC)N(c2ccc(C(=O)c3c(C)c(OC)c4ccccn34)cc2C(=O)O)COC1. The molecule has 0 radical (unpaired) electrons. The van der Waals surface area contributed by atoms with Crippen molar-refractivity contribution in [2.75, 3.05) is 39.6 Å². The lowest BCUT2D eigenvalue weighted by Crippen LogP contribution is -2.39. The smallest absolute Gasteiger partial charge is 0.355 e. The number of methoxy groups -OCH3 is 3. The number of ketones is 1. The number of hydrogen-bond acceptors (Lipinski definition) is 9. The second kappa shape index (κ2) is 10.2. The van der Waals surface area contributed by atoms with Crippen LogP contribution in [0.4, 0.5) is 5.69 Å². The van der Waals surface area contributed by atoms with Crippen LogP contribution in [0.2, 0.25) is 0 Å². The van der Waals surface area contributed by atoms with Gasteiger partial charge in [0.25, 0.3) is 0 Å². The Bertz CT molecular complexity index is 1470. The Morgan fingerprint density at radius 1 is 1.00 bits per heavy atom. The van der Waals surface area contributed by atoms with Gasteiger partial charge < -0.3 is 33.4 Å². The van der Waals surface area contributed by atoms with Crippen LogP contribution in [0, 0.1) is 6.92 Å². The van der Waals surface area contributed by atoms with Gasteiger partial charge in [-0.05, 0) is 37.3 Å². The number of rotatable bonds is 7. The molecule has 1 aromatic carbocycles. The van der Waals surface area contributed by atoms with Gasteiger partial charge in [0.1, 0.15) is 23.9 Å². The quantitative estimate of drug-likeness (QED) is 0.375. The number of carbonyl (C=O) groups excluding carboxylic acids is 3. The Hall–Kier alpha value is -4.64. The average molecular weight is 508 g/mol. The number of fused-ring (bicyclic) bond motifs is 1. The van der Waals surface area contributed by atoms with Gasteiger partial charge in [-0.1, -0.05) is 6.07 Å². The lowest BCUT2D eigenvalue weighted by Gasteiger charge is -2.32. The minimum Gasteiger partial charge on any atom is -0.494 e. The van der Waals surface area contributed by atoms with Gasteiger partial charge in [-0.3, -0.25) is 4.79 Å².